The van der Waals surface area contributed by atoms with Crippen molar-refractivity contribution in [3.05, 3.63) is 23.9 Å². The molecule has 3 heteroatoms. The standard InChI is InChI=1S/C11H11N3/c1-2-3-4-6-13-11-8-10(9-12)5-7-14-11/h1,5,7-8H,3-4,6H2,(H,13,14). The molecule has 1 aromatic rings. The van der Waals surface area contributed by atoms with Crippen LogP contribution in [0.1, 0.15) is 18.4 Å². The summed E-state index contributed by atoms with van der Waals surface area (Å²) < 4.78 is 0. The van der Waals surface area contributed by atoms with Crippen molar-refractivity contribution in [1.82, 2.24) is 4.98 Å². The van der Waals surface area contributed by atoms with Gasteiger partial charge in [-0.1, -0.05) is 0 Å². The minimum absolute atomic E-state index is 0.611. The SMILES string of the molecule is C#CCCCNc1cc(C#N)ccn1. The Labute approximate surface area is 83.8 Å². The summed E-state index contributed by atoms with van der Waals surface area (Å²) in [5, 5.41) is 11.7. The Morgan fingerprint density at radius 1 is 1.57 bits per heavy atom. The van der Waals surface area contributed by atoms with Gasteiger partial charge in [-0.25, -0.2) is 4.98 Å². The first-order valence-corrected chi connectivity index (χ1v) is 4.40. The molecular formula is C11H11N3. The molecule has 0 aliphatic carbocycles. The number of hydrogen-bond acceptors (Lipinski definition) is 3. The van der Waals surface area contributed by atoms with E-state index in [1.807, 2.05) is 0 Å². The van der Waals surface area contributed by atoms with E-state index < -0.39 is 0 Å². The van der Waals surface area contributed by atoms with Gasteiger partial charge in [-0.15, -0.1) is 12.3 Å². The minimum atomic E-state index is 0.611. The summed E-state index contributed by atoms with van der Waals surface area (Å²) in [7, 11) is 0. The summed E-state index contributed by atoms with van der Waals surface area (Å²) in [6, 6.07) is 5.45. The Balaban J connectivity index is 2.44. The van der Waals surface area contributed by atoms with E-state index in [0.717, 1.165) is 25.2 Å². The van der Waals surface area contributed by atoms with Crippen molar-refractivity contribution >= 4 is 5.82 Å². The molecule has 3 nitrogen and oxygen atoms in total. The third kappa shape index (κ3) is 3.16. The van der Waals surface area contributed by atoms with Crippen molar-refractivity contribution in [2.75, 3.05) is 11.9 Å². The summed E-state index contributed by atoms with van der Waals surface area (Å²) in [6.07, 6.45) is 8.40. The summed E-state index contributed by atoms with van der Waals surface area (Å²) in [5.74, 6) is 3.29. The maximum absolute atomic E-state index is 8.64. The Hall–Kier alpha value is -2.00. The molecule has 0 aliphatic rings. The first kappa shape index (κ1) is 10.1. The van der Waals surface area contributed by atoms with E-state index in [9.17, 15) is 0 Å². The monoisotopic (exact) mass is 185 g/mol. The first-order chi connectivity index (χ1) is 6.86. The van der Waals surface area contributed by atoms with Crippen LogP contribution in [0.15, 0.2) is 18.3 Å². The maximum atomic E-state index is 8.64. The molecule has 70 valence electrons. The van der Waals surface area contributed by atoms with E-state index >= 15 is 0 Å². The van der Waals surface area contributed by atoms with Crippen LogP contribution in [0.3, 0.4) is 0 Å². The number of nitrogens with one attached hydrogen (secondary N) is 1. The predicted octanol–water partition coefficient (Wildman–Crippen LogP) is 1.78. The van der Waals surface area contributed by atoms with Crippen LogP contribution >= 0.6 is 0 Å². The van der Waals surface area contributed by atoms with Crippen LogP contribution in [0, 0.1) is 23.7 Å². The van der Waals surface area contributed by atoms with E-state index in [-0.39, 0.29) is 0 Å². The lowest BCUT2D eigenvalue weighted by Gasteiger charge is -2.03. The van der Waals surface area contributed by atoms with Gasteiger partial charge in [0.15, 0.2) is 0 Å². The fraction of sp³-hybridized carbons (Fsp3) is 0.273. The van der Waals surface area contributed by atoms with Crippen molar-refractivity contribution in [3.63, 3.8) is 0 Å². The highest BCUT2D eigenvalue weighted by atomic mass is 15.0. The van der Waals surface area contributed by atoms with Crippen molar-refractivity contribution in [2.24, 2.45) is 0 Å². The van der Waals surface area contributed by atoms with E-state index in [4.69, 9.17) is 11.7 Å². The van der Waals surface area contributed by atoms with Gasteiger partial charge in [-0.05, 0) is 18.6 Å². The van der Waals surface area contributed by atoms with E-state index in [1.54, 1.807) is 18.3 Å². The molecule has 1 heterocycles. The molecule has 1 N–H and O–H groups in total. The lowest BCUT2D eigenvalue weighted by Crippen LogP contribution is -2.02. The van der Waals surface area contributed by atoms with Gasteiger partial charge in [0.2, 0.25) is 0 Å². The van der Waals surface area contributed by atoms with E-state index in [1.165, 1.54) is 0 Å². The van der Waals surface area contributed by atoms with Gasteiger partial charge < -0.3 is 5.32 Å². The van der Waals surface area contributed by atoms with E-state index in [2.05, 4.69) is 22.3 Å². The number of terminal acetylenes is 1. The molecule has 0 unspecified atom stereocenters. The lowest BCUT2D eigenvalue weighted by atomic mass is 10.3. The zero-order valence-corrected chi connectivity index (χ0v) is 7.83. The number of nitriles is 1. The molecule has 1 rings (SSSR count). The highest BCUT2D eigenvalue weighted by Crippen LogP contribution is 2.05. The zero-order chi connectivity index (χ0) is 10.2. The Bertz CT molecular complexity index is 371. The number of aromatic nitrogens is 1. The lowest BCUT2D eigenvalue weighted by molar-refractivity contribution is 0.901. The van der Waals surface area contributed by atoms with Gasteiger partial charge >= 0.3 is 0 Å². The molecule has 0 amide bonds. The van der Waals surface area contributed by atoms with Crippen LogP contribution in [0.2, 0.25) is 0 Å². The van der Waals surface area contributed by atoms with Gasteiger partial charge in [0.25, 0.3) is 0 Å². The summed E-state index contributed by atoms with van der Waals surface area (Å²) in [6.45, 7) is 0.784. The predicted molar refractivity (Wildman–Crippen MR) is 55.5 cm³/mol. The number of rotatable bonds is 4. The van der Waals surface area contributed by atoms with Gasteiger partial charge in [0.1, 0.15) is 5.82 Å². The summed E-state index contributed by atoms with van der Waals surface area (Å²) >= 11 is 0. The summed E-state index contributed by atoms with van der Waals surface area (Å²) in [4.78, 5) is 4.07. The Morgan fingerprint density at radius 2 is 2.43 bits per heavy atom. The van der Waals surface area contributed by atoms with Gasteiger partial charge in [-0.3, -0.25) is 0 Å². The molecule has 0 spiro atoms. The highest BCUT2D eigenvalue weighted by molar-refractivity contribution is 5.42. The Kier molecular flexibility index (Phi) is 4.04. The van der Waals surface area contributed by atoms with Crippen LogP contribution in [0.4, 0.5) is 5.82 Å². The zero-order valence-electron chi connectivity index (χ0n) is 7.83. The largest absolute Gasteiger partial charge is 0.370 e. The Morgan fingerprint density at radius 3 is 3.14 bits per heavy atom. The maximum Gasteiger partial charge on any atom is 0.127 e. The molecule has 1 aromatic heterocycles. The third-order valence-corrected chi connectivity index (χ3v) is 1.69. The molecule has 14 heavy (non-hydrogen) atoms. The second-order valence-electron chi connectivity index (χ2n) is 2.78. The molecule has 0 atom stereocenters. The highest BCUT2D eigenvalue weighted by Gasteiger charge is 1.94. The van der Waals surface area contributed by atoms with Crippen molar-refractivity contribution in [2.45, 2.75) is 12.8 Å². The molecule has 0 radical (unpaired) electrons. The van der Waals surface area contributed by atoms with Crippen LogP contribution < -0.4 is 5.32 Å². The number of nitrogens with zero attached hydrogens (tertiary/aromatic N) is 2. The van der Waals surface area contributed by atoms with Gasteiger partial charge in [0, 0.05) is 19.2 Å². The smallest absolute Gasteiger partial charge is 0.127 e. The minimum Gasteiger partial charge on any atom is -0.370 e. The fourth-order valence-corrected chi connectivity index (χ4v) is 1.00. The van der Waals surface area contributed by atoms with Gasteiger partial charge in [-0.2, -0.15) is 5.26 Å². The molecule has 0 aromatic carbocycles. The van der Waals surface area contributed by atoms with Crippen molar-refractivity contribution < 1.29 is 0 Å². The molecule has 0 saturated heterocycles. The van der Waals surface area contributed by atoms with Crippen LogP contribution in [0.25, 0.3) is 0 Å². The number of pyridine rings is 1. The van der Waals surface area contributed by atoms with Crippen LogP contribution in [-0.2, 0) is 0 Å². The van der Waals surface area contributed by atoms with Crippen LogP contribution in [-0.4, -0.2) is 11.5 Å². The average Bonchev–Trinajstić information content (AvgIpc) is 2.25. The topological polar surface area (TPSA) is 48.7 Å². The molecular weight excluding hydrogens is 174 g/mol. The average molecular weight is 185 g/mol. The summed E-state index contributed by atoms with van der Waals surface area (Å²) in [5.41, 5.74) is 0.611. The quantitative estimate of drug-likeness (QED) is 0.574. The molecule has 0 bridgehead atoms. The molecule has 0 fully saturated rings. The normalized spacial score (nSPS) is 8.71. The number of unbranched alkanes of at least 4 members (excludes halogenated alkanes) is 1. The number of anilines is 1. The van der Waals surface area contributed by atoms with Crippen LogP contribution in [0.5, 0.6) is 0 Å². The van der Waals surface area contributed by atoms with E-state index in [0.29, 0.717) is 5.56 Å². The number of hydrogen-bond donors (Lipinski definition) is 1. The van der Waals surface area contributed by atoms with Crippen molar-refractivity contribution in [1.29, 1.82) is 5.26 Å². The van der Waals surface area contributed by atoms with Gasteiger partial charge in [0.05, 0.1) is 11.6 Å². The fourth-order valence-electron chi connectivity index (χ4n) is 1.00. The van der Waals surface area contributed by atoms with Crippen molar-refractivity contribution in [3.8, 4) is 18.4 Å². The second kappa shape index (κ2) is 5.61. The molecule has 0 saturated carbocycles. The second-order valence-corrected chi connectivity index (χ2v) is 2.78. The first-order valence-electron chi connectivity index (χ1n) is 4.40. The third-order valence-electron chi connectivity index (χ3n) is 1.69. The molecule has 0 aliphatic heterocycles.